The van der Waals surface area contributed by atoms with Crippen molar-refractivity contribution >= 4 is 5.91 Å². The van der Waals surface area contributed by atoms with E-state index >= 15 is 0 Å². The maximum Gasteiger partial charge on any atom is 0.221 e. The smallest absolute Gasteiger partial charge is 0.221 e. The van der Waals surface area contributed by atoms with E-state index in [9.17, 15) is 4.79 Å². The van der Waals surface area contributed by atoms with Crippen LogP contribution in [-0.2, 0) is 4.79 Å². The minimum absolute atomic E-state index is 0.0252. The Labute approximate surface area is 92.4 Å². The van der Waals surface area contributed by atoms with Crippen LogP contribution in [-0.4, -0.2) is 37.3 Å². The molecule has 0 rings (SSSR count). The largest absolute Gasteiger partial charge is 0.396 e. The summed E-state index contributed by atoms with van der Waals surface area (Å²) in [4.78, 5) is 11.4. The number of carbonyl (C=O) groups is 1. The Hall–Kier alpha value is -0.610. The number of amides is 1. The third-order valence-corrected chi connectivity index (χ3v) is 2.33. The molecule has 0 atom stereocenters. The first-order valence-corrected chi connectivity index (χ1v) is 5.60. The van der Waals surface area contributed by atoms with Crippen LogP contribution in [0, 0.1) is 5.41 Å². The fourth-order valence-electron chi connectivity index (χ4n) is 1.20. The molecule has 0 heterocycles. The molecule has 0 saturated carbocycles. The van der Waals surface area contributed by atoms with Gasteiger partial charge in [0.2, 0.25) is 5.91 Å². The molecule has 0 spiro atoms. The van der Waals surface area contributed by atoms with Crippen LogP contribution in [0.2, 0.25) is 0 Å². The van der Waals surface area contributed by atoms with Crippen molar-refractivity contribution in [1.29, 1.82) is 0 Å². The van der Waals surface area contributed by atoms with E-state index in [1.165, 1.54) is 0 Å². The first kappa shape index (κ1) is 14.4. The fourth-order valence-corrected chi connectivity index (χ4v) is 1.20. The van der Waals surface area contributed by atoms with Crippen LogP contribution in [0.1, 0.15) is 33.6 Å². The van der Waals surface area contributed by atoms with E-state index in [0.29, 0.717) is 19.4 Å². The van der Waals surface area contributed by atoms with Gasteiger partial charge in [-0.3, -0.25) is 4.79 Å². The van der Waals surface area contributed by atoms with E-state index in [4.69, 9.17) is 5.11 Å². The molecule has 0 radical (unpaired) electrons. The van der Waals surface area contributed by atoms with Gasteiger partial charge in [0, 0.05) is 26.1 Å². The minimum Gasteiger partial charge on any atom is -0.396 e. The van der Waals surface area contributed by atoms with Crippen molar-refractivity contribution in [1.82, 2.24) is 10.6 Å². The van der Waals surface area contributed by atoms with E-state index < -0.39 is 0 Å². The van der Waals surface area contributed by atoms with Gasteiger partial charge in [-0.05, 0) is 18.4 Å². The van der Waals surface area contributed by atoms with Crippen LogP contribution < -0.4 is 10.6 Å². The third kappa shape index (κ3) is 8.39. The Morgan fingerprint density at radius 1 is 1.40 bits per heavy atom. The van der Waals surface area contributed by atoms with Crippen LogP contribution in [0.3, 0.4) is 0 Å². The van der Waals surface area contributed by atoms with Crippen molar-refractivity contribution in [3.05, 3.63) is 0 Å². The van der Waals surface area contributed by atoms with Crippen molar-refractivity contribution < 1.29 is 9.90 Å². The van der Waals surface area contributed by atoms with E-state index in [0.717, 1.165) is 13.1 Å². The molecule has 0 bridgehead atoms. The second-order valence-electron chi connectivity index (χ2n) is 4.52. The standard InChI is InChI=1S/C11H24N2O2/c1-4-12-7-5-10(15)13-9-11(2,3)6-8-14/h12,14H,4-9H2,1-3H3,(H,13,15). The molecular formula is C11H24N2O2. The average molecular weight is 216 g/mol. The lowest BCUT2D eigenvalue weighted by Gasteiger charge is -2.23. The first-order valence-electron chi connectivity index (χ1n) is 5.60. The molecule has 0 aromatic heterocycles. The second kappa shape index (κ2) is 7.65. The molecular weight excluding hydrogens is 192 g/mol. The summed E-state index contributed by atoms with van der Waals surface area (Å²) in [5, 5.41) is 14.8. The van der Waals surface area contributed by atoms with E-state index in [-0.39, 0.29) is 17.9 Å². The van der Waals surface area contributed by atoms with Crippen LogP contribution in [0.25, 0.3) is 0 Å². The molecule has 0 aromatic rings. The summed E-state index contributed by atoms with van der Waals surface area (Å²) in [5.41, 5.74) is -0.0252. The highest BCUT2D eigenvalue weighted by Gasteiger charge is 2.17. The number of hydrogen-bond donors (Lipinski definition) is 3. The lowest BCUT2D eigenvalue weighted by Crippen LogP contribution is -2.35. The van der Waals surface area contributed by atoms with Crippen LogP contribution in [0.4, 0.5) is 0 Å². The lowest BCUT2D eigenvalue weighted by molar-refractivity contribution is -0.121. The fraction of sp³-hybridized carbons (Fsp3) is 0.909. The first-order chi connectivity index (χ1) is 7.02. The van der Waals surface area contributed by atoms with Gasteiger partial charge in [-0.1, -0.05) is 20.8 Å². The molecule has 15 heavy (non-hydrogen) atoms. The van der Waals surface area contributed by atoms with Crippen molar-refractivity contribution in [3.63, 3.8) is 0 Å². The predicted molar refractivity (Wildman–Crippen MR) is 61.7 cm³/mol. The maximum absolute atomic E-state index is 11.4. The van der Waals surface area contributed by atoms with Gasteiger partial charge < -0.3 is 15.7 Å². The number of rotatable bonds is 8. The zero-order valence-corrected chi connectivity index (χ0v) is 10.1. The molecule has 0 aliphatic rings. The molecule has 4 nitrogen and oxygen atoms in total. The molecule has 0 unspecified atom stereocenters. The van der Waals surface area contributed by atoms with Gasteiger partial charge in [-0.15, -0.1) is 0 Å². The number of hydrogen-bond acceptors (Lipinski definition) is 3. The van der Waals surface area contributed by atoms with Crippen LogP contribution >= 0.6 is 0 Å². The summed E-state index contributed by atoms with van der Waals surface area (Å²) in [6, 6.07) is 0. The maximum atomic E-state index is 11.4. The average Bonchev–Trinajstić information content (AvgIpc) is 2.15. The molecule has 1 amide bonds. The van der Waals surface area contributed by atoms with Gasteiger partial charge in [0.15, 0.2) is 0 Å². The Kier molecular flexibility index (Phi) is 7.34. The number of aliphatic hydroxyl groups is 1. The second-order valence-corrected chi connectivity index (χ2v) is 4.52. The topological polar surface area (TPSA) is 61.4 Å². The van der Waals surface area contributed by atoms with Crippen LogP contribution in [0.5, 0.6) is 0 Å². The normalized spacial score (nSPS) is 11.5. The van der Waals surface area contributed by atoms with Crippen molar-refractivity contribution in [2.75, 3.05) is 26.2 Å². The Bertz CT molecular complexity index is 181. The quantitative estimate of drug-likeness (QED) is 0.518. The van der Waals surface area contributed by atoms with E-state index in [1.54, 1.807) is 0 Å². The summed E-state index contributed by atoms with van der Waals surface area (Å²) < 4.78 is 0. The molecule has 0 saturated heterocycles. The van der Waals surface area contributed by atoms with Gasteiger partial charge in [0.25, 0.3) is 0 Å². The SMILES string of the molecule is CCNCCC(=O)NCC(C)(C)CCO. The monoisotopic (exact) mass is 216 g/mol. The minimum atomic E-state index is -0.0252. The molecule has 4 heteroatoms. The highest BCUT2D eigenvalue weighted by Crippen LogP contribution is 2.17. The molecule has 0 aliphatic carbocycles. The summed E-state index contributed by atoms with van der Waals surface area (Å²) in [5.74, 6) is 0.0713. The van der Waals surface area contributed by atoms with Gasteiger partial charge in [-0.2, -0.15) is 0 Å². The molecule has 3 N–H and O–H groups in total. The van der Waals surface area contributed by atoms with Gasteiger partial charge in [-0.25, -0.2) is 0 Å². The Balaban J connectivity index is 3.60. The van der Waals surface area contributed by atoms with E-state index in [1.807, 2.05) is 20.8 Å². The molecule has 0 aromatic carbocycles. The molecule has 0 aliphatic heterocycles. The van der Waals surface area contributed by atoms with Gasteiger partial charge in [0.05, 0.1) is 0 Å². The summed E-state index contributed by atoms with van der Waals surface area (Å²) in [6.07, 6.45) is 1.23. The third-order valence-electron chi connectivity index (χ3n) is 2.33. The number of carbonyl (C=O) groups excluding carboxylic acids is 1. The summed E-state index contributed by atoms with van der Waals surface area (Å²) >= 11 is 0. The number of aliphatic hydroxyl groups excluding tert-OH is 1. The van der Waals surface area contributed by atoms with E-state index in [2.05, 4.69) is 10.6 Å². The van der Waals surface area contributed by atoms with Gasteiger partial charge >= 0.3 is 0 Å². The highest BCUT2D eigenvalue weighted by atomic mass is 16.3. The van der Waals surface area contributed by atoms with Crippen LogP contribution in [0.15, 0.2) is 0 Å². The van der Waals surface area contributed by atoms with Crippen molar-refractivity contribution in [2.45, 2.75) is 33.6 Å². The Morgan fingerprint density at radius 2 is 2.07 bits per heavy atom. The molecule has 0 fully saturated rings. The Morgan fingerprint density at radius 3 is 2.60 bits per heavy atom. The highest BCUT2D eigenvalue weighted by molar-refractivity contribution is 5.76. The summed E-state index contributed by atoms with van der Waals surface area (Å²) in [6.45, 7) is 8.49. The van der Waals surface area contributed by atoms with Crippen molar-refractivity contribution in [2.24, 2.45) is 5.41 Å². The lowest BCUT2D eigenvalue weighted by atomic mass is 9.90. The van der Waals surface area contributed by atoms with Crippen molar-refractivity contribution in [3.8, 4) is 0 Å². The zero-order chi connectivity index (χ0) is 11.7. The zero-order valence-electron chi connectivity index (χ0n) is 10.1. The summed E-state index contributed by atoms with van der Waals surface area (Å²) in [7, 11) is 0. The van der Waals surface area contributed by atoms with Gasteiger partial charge in [0.1, 0.15) is 0 Å². The molecule has 90 valence electrons. The predicted octanol–water partition coefficient (Wildman–Crippen LogP) is 0.511. The number of nitrogens with one attached hydrogen (secondary N) is 2.